The highest BCUT2D eigenvalue weighted by Crippen LogP contribution is 2.24. The molecule has 1 heterocycles. The Bertz CT molecular complexity index is 1190. The summed E-state index contributed by atoms with van der Waals surface area (Å²) in [4.78, 5) is 12.6. The maximum absolute atomic E-state index is 12.7. The van der Waals surface area contributed by atoms with Gasteiger partial charge in [-0.3, -0.25) is 9.10 Å². The average Bonchev–Trinajstić information content (AvgIpc) is 2.82. The van der Waals surface area contributed by atoms with E-state index in [0.717, 1.165) is 25.5 Å². The Balaban J connectivity index is 1.56. The van der Waals surface area contributed by atoms with Crippen molar-refractivity contribution in [3.8, 4) is 5.75 Å². The summed E-state index contributed by atoms with van der Waals surface area (Å²) in [5.74, 6) is 0.250. The number of rotatable bonds is 10. The summed E-state index contributed by atoms with van der Waals surface area (Å²) < 4.78 is 57.9. The highest BCUT2D eigenvalue weighted by molar-refractivity contribution is 7.92. The highest BCUT2D eigenvalue weighted by atomic mass is 32.2. The minimum absolute atomic E-state index is 0.101. The molecule has 2 aromatic carbocycles. The molecule has 34 heavy (non-hydrogen) atoms. The lowest BCUT2D eigenvalue weighted by Gasteiger charge is -2.25. The van der Waals surface area contributed by atoms with Gasteiger partial charge >= 0.3 is 0 Å². The summed E-state index contributed by atoms with van der Waals surface area (Å²) in [6, 6.07) is 12.8. The van der Waals surface area contributed by atoms with Crippen LogP contribution in [-0.2, 0) is 24.8 Å². The molecule has 0 aliphatic carbocycles. The Kier molecular flexibility index (Phi) is 8.56. The van der Waals surface area contributed by atoms with E-state index < -0.39 is 20.0 Å². The summed E-state index contributed by atoms with van der Waals surface area (Å²) in [6.07, 6.45) is 4.29. The molecule has 0 unspecified atom stereocenters. The van der Waals surface area contributed by atoms with Crippen LogP contribution in [0.5, 0.6) is 5.75 Å². The van der Waals surface area contributed by atoms with E-state index in [4.69, 9.17) is 4.74 Å². The maximum atomic E-state index is 12.7. The largest absolute Gasteiger partial charge is 0.497 e. The topological polar surface area (TPSA) is 113 Å². The molecular weight excluding hydrogens is 478 g/mol. The van der Waals surface area contributed by atoms with E-state index in [1.807, 2.05) is 0 Å². The molecule has 3 rings (SSSR count). The molecule has 0 atom stereocenters. The van der Waals surface area contributed by atoms with Crippen LogP contribution >= 0.6 is 0 Å². The Labute approximate surface area is 201 Å². The van der Waals surface area contributed by atoms with Gasteiger partial charge in [0.1, 0.15) is 5.75 Å². The number of carbonyl (C=O) groups excluding carboxylic acids is 1. The number of carbonyl (C=O) groups is 1. The van der Waals surface area contributed by atoms with Gasteiger partial charge in [0, 0.05) is 37.8 Å². The van der Waals surface area contributed by atoms with Crippen molar-refractivity contribution in [2.24, 2.45) is 0 Å². The molecule has 1 N–H and O–H groups in total. The van der Waals surface area contributed by atoms with Gasteiger partial charge in [0.15, 0.2) is 0 Å². The summed E-state index contributed by atoms with van der Waals surface area (Å²) in [5, 5.41) is 2.74. The first-order valence-corrected chi connectivity index (χ1v) is 14.4. The molecule has 0 spiro atoms. The first kappa shape index (κ1) is 26.0. The molecule has 1 aliphatic heterocycles. The number of amides is 1. The van der Waals surface area contributed by atoms with Crippen molar-refractivity contribution in [1.82, 2.24) is 4.31 Å². The third kappa shape index (κ3) is 6.71. The number of sulfonamides is 2. The Morgan fingerprint density at radius 2 is 1.71 bits per heavy atom. The fourth-order valence-electron chi connectivity index (χ4n) is 3.82. The lowest BCUT2D eigenvalue weighted by Crippen LogP contribution is -2.35. The van der Waals surface area contributed by atoms with E-state index in [9.17, 15) is 21.6 Å². The third-order valence-electron chi connectivity index (χ3n) is 5.60. The molecule has 11 heteroatoms. The number of nitrogens with zero attached hydrogens (tertiary/aromatic N) is 2. The molecule has 0 aromatic heterocycles. The second kappa shape index (κ2) is 11.2. The molecular formula is C23H31N3O6S2. The van der Waals surface area contributed by atoms with Gasteiger partial charge in [-0.1, -0.05) is 12.5 Å². The van der Waals surface area contributed by atoms with E-state index in [1.165, 1.54) is 27.9 Å². The Morgan fingerprint density at radius 1 is 1.03 bits per heavy atom. The minimum atomic E-state index is -3.54. The zero-order valence-corrected chi connectivity index (χ0v) is 21.1. The van der Waals surface area contributed by atoms with Crippen molar-refractivity contribution in [2.75, 3.05) is 42.6 Å². The molecule has 1 saturated heterocycles. The molecule has 1 aliphatic rings. The summed E-state index contributed by atoms with van der Waals surface area (Å²) in [6.45, 7) is 1.19. The number of hydrogen-bond acceptors (Lipinski definition) is 6. The fourth-order valence-corrected chi connectivity index (χ4v) is 6.30. The van der Waals surface area contributed by atoms with Crippen molar-refractivity contribution < 1.29 is 26.4 Å². The van der Waals surface area contributed by atoms with E-state index in [1.54, 1.807) is 36.4 Å². The molecule has 0 saturated carbocycles. The molecule has 1 amide bonds. The van der Waals surface area contributed by atoms with Crippen LogP contribution in [0.3, 0.4) is 0 Å². The average molecular weight is 510 g/mol. The molecule has 2 aromatic rings. The number of benzene rings is 2. The summed E-state index contributed by atoms with van der Waals surface area (Å²) in [7, 11) is -5.57. The van der Waals surface area contributed by atoms with Crippen molar-refractivity contribution in [3.05, 3.63) is 48.5 Å². The van der Waals surface area contributed by atoms with E-state index in [-0.39, 0.29) is 23.8 Å². The standard InChI is InChI=1S/C23H31N3O6S2/c1-32-21-9-6-8-20(18-21)26(33(2,28)29)17-7-10-23(27)24-19-11-13-22(14-12-19)34(30,31)25-15-4-3-5-16-25/h6,8-9,11-14,18H,3-5,7,10,15-17H2,1-2H3,(H,24,27). The zero-order chi connectivity index (χ0) is 24.8. The second-order valence-electron chi connectivity index (χ2n) is 8.18. The SMILES string of the molecule is COc1cccc(N(CCCC(=O)Nc2ccc(S(=O)(=O)N3CCCCC3)cc2)S(C)(=O)=O)c1. The smallest absolute Gasteiger partial charge is 0.243 e. The van der Waals surface area contributed by atoms with Crippen LogP contribution in [0.2, 0.25) is 0 Å². The Morgan fingerprint density at radius 3 is 2.32 bits per heavy atom. The van der Waals surface area contributed by atoms with Crippen molar-refractivity contribution in [2.45, 2.75) is 37.0 Å². The predicted octanol–water partition coefficient (Wildman–Crippen LogP) is 3.05. The number of piperidine rings is 1. The normalized spacial score (nSPS) is 15.0. The number of methoxy groups -OCH3 is 1. The van der Waals surface area contributed by atoms with Gasteiger partial charge in [-0.25, -0.2) is 16.8 Å². The first-order valence-electron chi connectivity index (χ1n) is 11.1. The quantitative estimate of drug-likeness (QED) is 0.527. The number of nitrogens with one attached hydrogen (secondary N) is 1. The van der Waals surface area contributed by atoms with E-state index in [0.29, 0.717) is 36.6 Å². The van der Waals surface area contributed by atoms with Crippen LogP contribution in [0.1, 0.15) is 32.1 Å². The predicted molar refractivity (Wildman–Crippen MR) is 132 cm³/mol. The van der Waals surface area contributed by atoms with Crippen LogP contribution in [-0.4, -0.2) is 60.0 Å². The van der Waals surface area contributed by atoms with Gasteiger partial charge in [-0.05, 0) is 55.7 Å². The van der Waals surface area contributed by atoms with Crippen LogP contribution < -0.4 is 14.4 Å². The van der Waals surface area contributed by atoms with Gasteiger partial charge in [0.2, 0.25) is 26.0 Å². The van der Waals surface area contributed by atoms with Gasteiger partial charge in [0.05, 0.1) is 23.9 Å². The molecule has 1 fully saturated rings. The minimum Gasteiger partial charge on any atom is -0.497 e. The van der Waals surface area contributed by atoms with Gasteiger partial charge in [-0.15, -0.1) is 0 Å². The molecule has 0 bridgehead atoms. The second-order valence-corrected chi connectivity index (χ2v) is 12.0. The van der Waals surface area contributed by atoms with Crippen LogP contribution in [0.4, 0.5) is 11.4 Å². The lowest BCUT2D eigenvalue weighted by molar-refractivity contribution is -0.116. The van der Waals surface area contributed by atoms with Gasteiger partial charge < -0.3 is 10.1 Å². The van der Waals surface area contributed by atoms with Crippen molar-refractivity contribution in [3.63, 3.8) is 0 Å². The number of anilines is 2. The highest BCUT2D eigenvalue weighted by Gasteiger charge is 2.25. The van der Waals surface area contributed by atoms with Crippen molar-refractivity contribution in [1.29, 1.82) is 0 Å². The van der Waals surface area contributed by atoms with E-state index >= 15 is 0 Å². The summed E-state index contributed by atoms with van der Waals surface area (Å²) >= 11 is 0. The van der Waals surface area contributed by atoms with Crippen LogP contribution in [0.15, 0.2) is 53.4 Å². The molecule has 9 nitrogen and oxygen atoms in total. The van der Waals surface area contributed by atoms with E-state index in [2.05, 4.69) is 5.32 Å². The van der Waals surface area contributed by atoms with Gasteiger partial charge in [0.25, 0.3) is 0 Å². The molecule has 186 valence electrons. The Hall–Kier alpha value is -2.63. The zero-order valence-electron chi connectivity index (χ0n) is 19.4. The van der Waals surface area contributed by atoms with Crippen molar-refractivity contribution >= 4 is 37.3 Å². The summed E-state index contributed by atoms with van der Waals surface area (Å²) in [5.41, 5.74) is 0.947. The monoisotopic (exact) mass is 509 g/mol. The third-order valence-corrected chi connectivity index (χ3v) is 8.70. The fraction of sp³-hybridized carbons (Fsp3) is 0.435. The van der Waals surface area contributed by atoms with Gasteiger partial charge in [-0.2, -0.15) is 4.31 Å². The number of ether oxygens (including phenoxy) is 1. The first-order chi connectivity index (χ1) is 16.1. The van der Waals surface area contributed by atoms with Crippen LogP contribution in [0, 0.1) is 0 Å². The molecule has 0 radical (unpaired) electrons. The maximum Gasteiger partial charge on any atom is 0.243 e. The lowest BCUT2D eigenvalue weighted by atomic mass is 10.2. The van der Waals surface area contributed by atoms with Crippen LogP contribution in [0.25, 0.3) is 0 Å². The number of hydrogen-bond donors (Lipinski definition) is 1.